The largest absolute Gasteiger partial charge is 0.479 e. The van der Waals surface area contributed by atoms with Crippen LogP contribution in [0.2, 0.25) is 5.02 Å². The summed E-state index contributed by atoms with van der Waals surface area (Å²) >= 11 is 6.01. The van der Waals surface area contributed by atoms with E-state index in [1.54, 1.807) is 19.1 Å². The number of benzene rings is 1. The lowest BCUT2D eigenvalue weighted by Crippen LogP contribution is -2.41. The van der Waals surface area contributed by atoms with Crippen LogP contribution in [-0.4, -0.2) is 24.3 Å². The predicted molar refractivity (Wildman–Crippen MR) is 77.3 cm³/mol. The van der Waals surface area contributed by atoms with E-state index < -0.39 is 6.10 Å². The molecule has 0 aromatic heterocycles. The second-order valence-electron chi connectivity index (χ2n) is 5.06. The minimum Gasteiger partial charge on any atom is -0.479 e. The second-order valence-corrected chi connectivity index (χ2v) is 5.46. The molecule has 1 N–H and O–H groups in total. The van der Waals surface area contributed by atoms with E-state index in [1.165, 1.54) is 18.9 Å². The molecule has 1 unspecified atom stereocenters. The van der Waals surface area contributed by atoms with Gasteiger partial charge in [-0.05, 0) is 38.0 Å². The van der Waals surface area contributed by atoms with Crippen molar-refractivity contribution in [2.45, 2.75) is 44.8 Å². The van der Waals surface area contributed by atoms with Gasteiger partial charge in [0.05, 0.1) is 5.02 Å². The molecular formula is C15H18ClNO3. The molecule has 108 valence electrons. The lowest BCUT2D eigenvalue weighted by atomic mass is 10.2. The highest BCUT2D eigenvalue weighted by Gasteiger charge is 2.22. The zero-order valence-corrected chi connectivity index (χ0v) is 12.2. The van der Waals surface area contributed by atoms with Crippen molar-refractivity contribution >= 4 is 23.8 Å². The first-order valence-corrected chi connectivity index (χ1v) is 7.19. The average molecular weight is 296 g/mol. The first-order chi connectivity index (χ1) is 9.60. The summed E-state index contributed by atoms with van der Waals surface area (Å²) in [6.07, 6.45) is 4.50. The Morgan fingerprint density at radius 1 is 1.45 bits per heavy atom. The number of amides is 1. The molecule has 0 saturated heterocycles. The van der Waals surface area contributed by atoms with Crippen LogP contribution in [0.15, 0.2) is 18.2 Å². The van der Waals surface area contributed by atoms with Crippen molar-refractivity contribution in [3.63, 3.8) is 0 Å². The van der Waals surface area contributed by atoms with Gasteiger partial charge in [0.2, 0.25) is 0 Å². The van der Waals surface area contributed by atoms with Crippen LogP contribution in [0.4, 0.5) is 0 Å². The van der Waals surface area contributed by atoms with E-state index in [9.17, 15) is 9.59 Å². The molecule has 0 aliphatic heterocycles. The van der Waals surface area contributed by atoms with Crippen molar-refractivity contribution in [1.29, 1.82) is 0 Å². The van der Waals surface area contributed by atoms with Gasteiger partial charge in [-0.3, -0.25) is 9.59 Å². The zero-order valence-electron chi connectivity index (χ0n) is 11.4. The summed E-state index contributed by atoms with van der Waals surface area (Å²) in [5.74, 6) is 0.277. The molecule has 0 spiro atoms. The summed E-state index contributed by atoms with van der Waals surface area (Å²) in [7, 11) is 0. The van der Waals surface area contributed by atoms with Crippen LogP contribution in [0.1, 0.15) is 43.0 Å². The number of hydrogen-bond acceptors (Lipinski definition) is 3. The summed E-state index contributed by atoms with van der Waals surface area (Å²) < 4.78 is 5.56. The Morgan fingerprint density at radius 3 is 2.75 bits per heavy atom. The van der Waals surface area contributed by atoms with Crippen LogP contribution in [0.25, 0.3) is 0 Å². The summed E-state index contributed by atoms with van der Waals surface area (Å²) in [4.78, 5) is 22.6. The van der Waals surface area contributed by atoms with Gasteiger partial charge in [0.1, 0.15) is 12.0 Å². The third-order valence-electron chi connectivity index (χ3n) is 3.47. The Labute approximate surface area is 123 Å². The Hall–Kier alpha value is -1.55. The summed E-state index contributed by atoms with van der Waals surface area (Å²) in [6, 6.07) is 4.99. The van der Waals surface area contributed by atoms with Crippen LogP contribution in [0.3, 0.4) is 0 Å². The standard InChI is InChI=1S/C15H18ClNO3/c1-10(15(19)17-12-4-2-3-5-12)20-14-7-6-11(9-18)8-13(14)16/h6-10,12H,2-5H2,1H3,(H,17,19). The highest BCUT2D eigenvalue weighted by molar-refractivity contribution is 6.32. The molecule has 1 saturated carbocycles. The maximum Gasteiger partial charge on any atom is 0.260 e. The topological polar surface area (TPSA) is 55.4 Å². The van der Waals surface area contributed by atoms with Crippen molar-refractivity contribution in [1.82, 2.24) is 5.32 Å². The van der Waals surface area contributed by atoms with Crippen molar-refractivity contribution in [2.75, 3.05) is 0 Å². The van der Waals surface area contributed by atoms with E-state index in [2.05, 4.69) is 5.32 Å². The van der Waals surface area contributed by atoms with Gasteiger partial charge in [0.25, 0.3) is 5.91 Å². The maximum absolute atomic E-state index is 12.0. The molecular weight excluding hydrogens is 278 g/mol. The molecule has 1 aromatic rings. The fourth-order valence-electron chi connectivity index (χ4n) is 2.32. The Morgan fingerprint density at radius 2 is 2.15 bits per heavy atom. The van der Waals surface area contributed by atoms with Gasteiger partial charge in [0.15, 0.2) is 6.10 Å². The molecule has 0 bridgehead atoms. The number of halogens is 1. The van der Waals surface area contributed by atoms with Crippen LogP contribution < -0.4 is 10.1 Å². The number of nitrogens with one attached hydrogen (secondary N) is 1. The van der Waals surface area contributed by atoms with E-state index in [4.69, 9.17) is 16.3 Å². The Bertz CT molecular complexity index is 498. The van der Waals surface area contributed by atoms with Crippen molar-refractivity contribution < 1.29 is 14.3 Å². The molecule has 0 heterocycles. The summed E-state index contributed by atoms with van der Waals surface area (Å²) in [5.41, 5.74) is 0.477. The van der Waals surface area contributed by atoms with Crippen molar-refractivity contribution in [2.24, 2.45) is 0 Å². The lowest BCUT2D eigenvalue weighted by molar-refractivity contribution is -0.127. The first kappa shape index (κ1) is 14.9. The predicted octanol–water partition coefficient (Wildman–Crippen LogP) is 2.98. The van der Waals surface area contributed by atoms with E-state index >= 15 is 0 Å². The van der Waals surface area contributed by atoms with E-state index in [1.807, 2.05) is 0 Å². The maximum atomic E-state index is 12.0. The number of carbonyl (C=O) groups excluding carboxylic acids is 2. The van der Waals surface area contributed by atoms with Gasteiger partial charge in [-0.2, -0.15) is 0 Å². The third kappa shape index (κ3) is 3.73. The summed E-state index contributed by atoms with van der Waals surface area (Å²) in [6.45, 7) is 1.69. The molecule has 1 atom stereocenters. The molecule has 0 radical (unpaired) electrons. The molecule has 1 fully saturated rings. The second kappa shape index (κ2) is 6.75. The number of hydrogen-bond donors (Lipinski definition) is 1. The molecule has 5 heteroatoms. The van der Waals surface area contributed by atoms with Gasteiger partial charge in [0, 0.05) is 11.6 Å². The monoisotopic (exact) mass is 295 g/mol. The van der Waals surface area contributed by atoms with Crippen molar-refractivity contribution in [3.05, 3.63) is 28.8 Å². The van der Waals surface area contributed by atoms with Crippen LogP contribution in [-0.2, 0) is 4.79 Å². The van der Waals surface area contributed by atoms with Crippen molar-refractivity contribution in [3.8, 4) is 5.75 Å². The first-order valence-electron chi connectivity index (χ1n) is 6.82. The van der Waals surface area contributed by atoms with Gasteiger partial charge >= 0.3 is 0 Å². The van der Waals surface area contributed by atoms with Gasteiger partial charge in [-0.25, -0.2) is 0 Å². The Kier molecular flexibility index (Phi) is 5.01. The highest BCUT2D eigenvalue weighted by atomic mass is 35.5. The smallest absolute Gasteiger partial charge is 0.260 e. The Balaban J connectivity index is 1.94. The highest BCUT2D eigenvalue weighted by Crippen LogP contribution is 2.26. The van der Waals surface area contributed by atoms with Gasteiger partial charge in [-0.15, -0.1) is 0 Å². The number of carbonyl (C=O) groups is 2. The number of ether oxygens (including phenoxy) is 1. The molecule has 1 amide bonds. The number of rotatable bonds is 5. The summed E-state index contributed by atoms with van der Waals surface area (Å²) in [5, 5.41) is 3.31. The van der Waals surface area contributed by atoms with Gasteiger partial charge < -0.3 is 10.1 Å². The van der Waals surface area contributed by atoms with Crippen LogP contribution in [0, 0.1) is 0 Å². The minimum atomic E-state index is -0.616. The SMILES string of the molecule is CC(Oc1ccc(C=O)cc1Cl)C(=O)NC1CCCC1. The van der Waals surface area contributed by atoms with Crippen LogP contribution >= 0.6 is 11.6 Å². The average Bonchev–Trinajstić information content (AvgIpc) is 2.93. The van der Waals surface area contributed by atoms with E-state index in [0.717, 1.165) is 12.8 Å². The molecule has 20 heavy (non-hydrogen) atoms. The normalized spacial score (nSPS) is 16.7. The third-order valence-corrected chi connectivity index (χ3v) is 3.76. The van der Waals surface area contributed by atoms with E-state index in [0.29, 0.717) is 22.6 Å². The van der Waals surface area contributed by atoms with E-state index in [-0.39, 0.29) is 11.9 Å². The van der Waals surface area contributed by atoms with Crippen LogP contribution in [0.5, 0.6) is 5.75 Å². The fourth-order valence-corrected chi connectivity index (χ4v) is 2.55. The minimum absolute atomic E-state index is 0.132. The lowest BCUT2D eigenvalue weighted by Gasteiger charge is -2.18. The molecule has 1 aliphatic rings. The quantitative estimate of drug-likeness (QED) is 0.850. The van der Waals surface area contributed by atoms with Gasteiger partial charge in [-0.1, -0.05) is 24.4 Å². The molecule has 1 aliphatic carbocycles. The number of aldehydes is 1. The molecule has 4 nitrogen and oxygen atoms in total. The molecule has 2 rings (SSSR count). The zero-order chi connectivity index (χ0) is 14.5. The fraction of sp³-hybridized carbons (Fsp3) is 0.467. The molecule has 1 aromatic carbocycles.